The van der Waals surface area contributed by atoms with Crippen molar-refractivity contribution in [2.45, 2.75) is 38.4 Å². The molecular formula is C14H21BrO. The van der Waals surface area contributed by atoms with Gasteiger partial charge in [0.2, 0.25) is 0 Å². The van der Waals surface area contributed by atoms with E-state index in [-0.39, 0.29) is 0 Å². The van der Waals surface area contributed by atoms with Crippen molar-refractivity contribution in [3.63, 3.8) is 0 Å². The molecule has 1 rings (SSSR count). The zero-order valence-electron chi connectivity index (χ0n) is 10.6. The SMILES string of the molecule is CCCC(C)C(Br)c1cc(C)ccc1OC. The van der Waals surface area contributed by atoms with E-state index in [1.54, 1.807) is 7.11 Å². The molecule has 1 aromatic carbocycles. The van der Waals surface area contributed by atoms with Crippen molar-refractivity contribution in [2.75, 3.05) is 7.11 Å². The Balaban J connectivity index is 2.96. The van der Waals surface area contributed by atoms with Gasteiger partial charge < -0.3 is 4.74 Å². The normalized spacial score (nSPS) is 14.6. The smallest absolute Gasteiger partial charge is 0.123 e. The van der Waals surface area contributed by atoms with Crippen LogP contribution in [-0.2, 0) is 0 Å². The van der Waals surface area contributed by atoms with Crippen LogP contribution in [0.2, 0.25) is 0 Å². The Morgan fingerprint density at radius 3 is 2.62 bits per heavy atom. The number of halogens is 1. The van der Waals surface area contributed by atoms with Crippen molar-refractivity contribution in [1.29, 1.82) is 0 Å². The number of rotatable bonds is 5. The summed E-state index contributed by atoms with van der Waals surface area (Å²) >= 11 is 3.80. The van der Waals surface area contributed by atoms with E-state index >= 15 is 0 Å². The van der Waals surface area contributed by atoms with Crippen molar-refractivity contribution >= 4 is 15.9 Å². The second kappa shape index (κ2) is 6.29. The second-order valence-electron chi connectivity index (χ2n) is 4.41. The molecular weight excluding hydrogens is 264 g/mol. The van der Waals surface area contributed by atoms with Gasteiger partial charge in [0.25, 0.3) is 0 Å². The van der Waals surface area contributed by atoms with Crippen LogP contribution in [0.4, 0.5) is 0 Å². The van der Waals surface area contributed by atoms with Crippen molar-refractivity contribution < 1.29 is 4.74 Å². The fourth-order valence-corrected chi connectivity index (χ4v) is 2.60. The van der Waals surface area contributed by atoms with Crippen LogP contribution in [0.15, 0.2) is 18.2 Å². The number of hydrogen-bond acceptors (Lipinski definition) is 1. The Morgan fingerprint density at radius 2 is 2.06 bits per heavy atom. The summed E-state index contributed by atoms with van der Waals surface area (Å²) in [4.78, 5) is 0.377. The van der Waals surface area contributed by atoms with Crippen molar-refractivity contribution in [1.82, 2.24) is 0 Å². The van der Waals surface area contributed by atoms with Crippen LogP contribution in [0, 0.1) is 12.8 Å². The van der Waals surface area contributed by atoms with E-state index in [9.17, 15) is 0 Å². The van der Waals surface area contributed by atoms with Crippen molar-refractivity contribution in [3.05, 3.63) is 29.3 Å². The van der Waals surface area contributed by atoms with Gasteiger partial charge in [-0.3, -0.25) is 0 Å². The summed E-state index contributed by atoms with van der Waals surface area (Å²) in [5, 5.41) is 0. The lowest BCUT2D eigenvalue weighted by Crippen LogP contribution is -2.05. The number of ether oxygens (including phenoxy) is 1. The maximum Gasteiger partial charge on any atom is 0.123 e. The third-order valence-electron chi connectivity index (χ3n) is 2.93. The van der Waals surface area contributed by atoms with Gasteiger partial charge in [0, 0.05) is 10.4 Å². The largest absolute Gasteiger partial charge is 0.496 e. The van der Waals surface area contributed by atoms with Crippen LogP contribution in [0.5, 0.6) is 5.75 Å². The molecule has 0 bridgehead atoms. The highest BCUT2D eigenvalue weighted by atomic mass is 79.9. The third-order valence-corrected chi connectivity index (χ3v) is 4.32. The fraction of sp³-hybridized carbons (Fsp3) is 0.571. The molecule has 0 heterocycles. The number of benzene rings is 1. The average Bonchev–Trinajstić information content (AvgIpc) is 2.28. The number of aryl methyl sites for hydroxylation is 1. The molecule has 1 aromatic rings. The minimum atomic E-state index is 0.377. The molecule has 2 unspecified atom stereocenters. The summed E-state index contributed by atoms with van der Waals surface area (Å²) in [6.45, 7) is 6.63. The van der Waals surface area contributed by atoms with E-state index in [1.165, 1.54) is 24.0 Å². The van der Waals surface area contributed by atoms with Gasteiger partial charge in [-0.25, -0.2) is 0 Å². The maximum atomic E-state index is 5.42. The minimum absolute atomic E-state index is 0.377. The second-order valence-corrected chi connectivity index (χ2v) is 5.40. The van der Waals surface area contributed by atoms with Gasteiger partial charge >= 0.3 is 0 Å². The molecule has 2 heteroatoms. The monoisotopic (exact) mass is 284 g/mol. The molecule has 0 N–H and O–H groups in total. The molecule has 0 aliphatic rings. The molecule has 1 nitrogen and oxygen atoms in total. The lowest BCUT2D eigenvalue weighted by Gasteiger charge is -2.20. The molecule has 2 atom stereocenters. The van der Waals surface area contributed by atoms with Gasteiger partial charge in [-0.05, 0) is 25.3 Å². The number of alkyl halides is 1. The highest BCUT2D eigenvalue weighted by Gasteiger charge is 2.19. The van der Waals surface area contributed by atoms with Gasteiger partial charge in [-0.1, -0.05) is 53.9 Å². The molecule has 0 saturated carbocycles. The Morgan fingerprint density at radius 1 is 1.38 bits per heavy atom. The maximum absolute atomic E-state index is 5.42. The van der Waals surface area contributed by atoms with Crippen LogP contribution in [0.25, 0.3) is 0 Å². The Bertz CT molecular complexity index is 336. The Hall–Kier alpha value is -0.500. The number of hydrogen-bond donors (Lipinski definition) is 0. The van der Waals surface area contributed by atoms with E-state index in [2.05, 4.69) is 54.9 Å². The van der Waals surface area contributed by atoms with Crippen LogP contribution in [0.3, 0.4) is 0 Å². The van der Waals surface area contributed by atoms with Gasteiger partial charge in [0.05, 0.1) is 7.11 Å². The quantitative estimate of drug-likeness (QED) is 0.701. The standard InChI is InChI=1S/C14H21BrO/c1-5-6-11(3)14(15)12-9-10(2)7-8-13(12)16-4/h7-9,11,14H,5-6H2,1-4H3. The first-order valence-electron chi connectivity index (χ1n) is 5.88. The van der Waals surface area contributed by atoms with Crippen molar-refractivity contribution in [3.8, 4) is 5.75 Å². The first-order valence-corrected chi connectivity index (χ1v) is 6.80. The molecule has 90 valence electrons. The molecule has 0 amide bonds. The Labute approximate surface area is 107 Å². The van der Waals surface area contributed by atoms with Crippen LogP contribution < -0.4 is 4.74 Å². The Kier molecular flexibility index (Phi) is 5.33. The first kappa shape index (κ1) is 13.6. The van der Waals surface area contributed by atoms with Crippen LogP contribution in [0.1, 0.15) is 42.6 Å². The molecule has 0 radical (unpaired) electrons. The summed E-state index contributed by atoms with van der Waals surface area (Å²) in [7, 11) is 1.73. The fourth-order valence-electron chi connectivity index (χ4n) is 1.98. The summed E-state index contributed by atoms with van der Waals surface area (Å²) in [6.07, 6.45) is 2.45. The molecule has 0 aliphatic heterocycles. The highest BCUT2D eigenvalue weighted by Crippen LogP contribution is 2.38. The lowest BCUT2D eigenvalue weighted by atomic mass is 9.95. The van der Waals surface area contributed by atoms with Gasteiger partial charge in [0.1, 0.15) is 5.75 Å². The molecule has 0 aliphatic carbocycles. The number of methoxy groups -OCH3 is 1. The zero-order chi connectivity index (χ0) is 12.1. The zero-order valence-corrected chi connectivity index (χ0v) is 12.2. The molecule has 0 saturated heterocycles. The van der Waals surface area contributed by atoms with Gasteiger partial charge in [-0.15, -0.1) is 0 Å². The molecule has 0 spiro atoms. The third kappa shape index (κ3) is 3.24. The summed E-state index contributed by atoms with van der Waals surface area (Å²) in [5.41, 5.74) is 2.55. The lowest BCUT2D eigenvalue weighted by molar-refractivity contribution is 0.403. The van der Waals surface area contributed by atoms with Crippen LogP contribution in [-0.4, -0.2) is 7.11 Å². The van der Waals surface area contributed by atoms with E-state index in [4.69, 9.17) is 4.74 Å². The molecule has 0 fully saturated rings. The molecule has 0 aromatic heterocycles. The summed E-state index contributed by atoms with van der Waals surface area (Å²) in [6, 6.07) is 6.36. The summed E-state index contributed by atoms with van der Waals surface area (Å²) in [5.74, 6) is 1.61. The average molecular weight is 285 g/mol. The van der Waals surface area contributed by atoms with Gasteiger partial charge in [-0.2, -0.15) is 0 Å². The highest BCUT2D eigenvalue weighted by molar-refractivity contribution is 9.09. The van der Waals surface area contributed by atoms with E-state index in [1.807, 2.05) is 0 Å². The van der Waals surface area contributed by atoms with Crippen molar-refractivity contribution in [2.24, 2.45) is 5.92 Å². The minimum Gasteiger partial charge on any atom is -0.496 e. The molecule has 16 heavy (non-hydrogen) atoms. The van der Waals surface area contributed by atoms with E-state index in [0.717, 1.165) is 5.75 Å². The van der Waals surface area contributed by atoms with Gasteiger partial charge in [0.15, 0.2) is 0 Å². The van der Waals surface area contributed by atoms with E-state index < -0.39 is 0 Å². The summed E-state index contributed by atoms with van der Waals surface area (Å²) < 4.78 is 5.42. The van der Waals surface area contributed by atoms with Crippen LogP contribution >= 0.6 is 15.9 Å². The topological polar surface area (TPSA) is 9.23 Å². The van der Waals surface area contributed by atoms with E-state index in [0.29, 0.717) is 10.7 Å². The first-order chi connectivity index (χ1) is 7.60. The predicted octanol–water partition coefficient (Wildman–Crippen LogP) is 4.88. The predicted molar refractivity (Wildman–Crippen MR) is 73.5 cm³/mol.